The first-order valence-electron chi connectivity index (χ1n) is 6.90. The topological polar surface area (TPSA) is 63.3 Å². The highest BCUT2D eigenvalue weighted by Crippen LogP contribution is 2.36. The first-order valence-corrected chi connectivity index (χ1v) is 9.47. The molecular formula is C17H11Br2NO3S. The fourth-order valence-corrected chi connectivity index (χ4v) is 3.16. The molecule has 7 heteroatoms. The Morgan fingerprint density at radius 2 is 1.54 bits per heavy atom. The van der Waals surface area contributed by atoms with Crippen molar-refractivity contribution in [2.75, 3.05) is 5.75 Å². The zero-order valence-corrected chi connectivity index (χ0v) is 16.2. The summed E-state index contributed by atoms with van der Waals surface area (Å²) in [5, 5.41) is 9.19. The number of thioether (sulfide) groups is 1. The van der Waals surface area contributed by atoms with Crippen molar-refractivity contribution in [1.82, 2.24) is 4.98 Å². The van der Waals surface area contributed by atoms with Crippen LogP contribution in [0, 0.1) is 0 Å². The number of carboxylic acid groups (broad SMARTS) is 1. The van der Waals surface area contributed by atoms with Crippen LogP contribution in [0.25, 0.3) is 22.6 Å². The van der Waals surface area contributed by atoms with Crippen molar-refractivity contribution in [2.45, 2.75) is 5.22 Å². The molecule has 0 aliphatic heterocycles. The van der Waals surface area contributed by atoms with Crippen molar-refractivity contribution in [2.24, 2.45) is 0 Å². The first-order chi connectivity index (χ1) is 11.5. The van der Waals surface area contributed by atoms with Gasteiger partial charge in [0.05, 0.1) is 0 Å². The van der Waals surface area contributed by atoms with E-state index < -0.39 is 5.97 Å². The molecule has 0 aliphatic carbocycles. The van der Waals surface area contributed by atoms with Crippen molar-refractivity contribution in [3.8, 4) is 22.6 Å². The van der Waals surface area contributed by atoms with Gasteiger partial charge in [-0.05, 0) is 24.3 Å². The average Bonchev–Trinajstić information content (AvgIpc) is 2.98. The molecule has 2 aromatic carbocycles. The van der Waals surface area contributed by atoms with Crippen LogP contribution in [-0.2, 0) is 4.79 Å². The highest BCUT2D eigenvalue weighted by Gasteiger charge is 2.18. The number of oxazole rings is 1. The van der Waals surface area contributed by atoms with Crippen LogP contribution >= 0.6 is 43.6 Å². The molecule has 1 aromatic heterocycles. The molecular weight excluding hydrogens is 458 g/mol. The molecule has 3 aromatic rings. The van der Waals surface area contributed by atoms with Crippen LogP contribution < -0.4 is 0 Å². The molecule has 24 heavy (non-hydrogen) atoms. The van der Waals surface area contributed by atoms with Crippen LogP contribution in [0.2, 0.25) is 0 Å². The second kappa shape index (κ2) is 7.55. The van der Waals surface area contributed by atoms with Crippen molar-refractivity contribution in [3.63, 3.8) is 0 Å². The molecule has 0 bridgehead atoms. The average molecular weight is 469 g/mol. The second-order valence-electron chi connectivity index (χ2n) is 4.85. The van der Waals surface area contributed by atoms with Gasteiger partial charge in [0.25, 0.3) is 5.22 Å². The first kappa shape index (κ1) is 17.3. The monoisotopic (exact) mass is 467 g/mol. The smallest absolute Gasteiger partial charge is 0.314 e. The summed E-state index contributed by atoms with van der Waals surface area (Å²) in [7, 11) is 0. The van der Waals surface area contributed by atoms with E-state index >= 15 is 0 Å². The van der Waals surface area contributed by atoms with E-state index in [-0.39, 0.29) is 5.75 Å². The number of carboxylic acids is 1. The van der Waals surface area contributed by atoms with Crippen LogP contribution in [0.3, 0.4) is 0 Å². The van der Waals surface area contributed by atoms with Crippen LogP contribution in [-0.4, -0.2) is 21.8 Å². The summed E-state index contributed by atoms with van der Waals surface area (Å²) in [6, 6.07) is 15.4. The lowest BCUT2D eigenvalue weighted by atomic mass is 10.1. The SMILES string of the molecule is O=C(O)CSc1nc(-c2ccc(Br)cc2)c(-c2ccc(Br)cc2)o1. The van der Waals surface area contributed by atoms with E-state index in [0.717, 1.165) is 31.8 Å². The molecule has 1 N–H and O–H groups in total. The number of rotatable bonds is 5. The molecule has 3 rings (SSSR count). The van der Waals surface area contributed by atoms with E-state index in [9.17, 15) is 4.79 Å². The molecule has 0 aliphatic rings. The Morgan fingerprint density at radius 1 is 1.00 bits per heavy atom. The zero-order chi connectivity index (χ0) is 17.1. The van der Waals surface area contributed by atoms with Gasteiger partial charge in [-0.15, -0.1) is 0 Å². The van der Waals surface area contributed by atoms with Gasteiger partial charge in [-0.1, -0.05) is 67.9 Å². The summed E-state index contributed by atoms with van der Waals surface area (Å²) >= 11 is 7.89. The Labute approximate surface area is 159 Å². The summed E-state index contributed by atoms with van der Waals surface area (Å²) in [5.41, 5.74) is 2.48. The van der Waals surface area contributed by atoms with E-state index in [1.165, 1.54) is 0 Å². The molecule has 0 spiro atoms. The van der Waals surface area contributed by atoms with Gasteiger partial charge in [0.2, 0.25) is 0 Å². The number of benzene rings is 2. The van der Waals surface area contributed by atoms with Crippen molar-refractivity contribution in [1.29, 1.82) is 0 Å². The number of carbonyl (C=O) groups is 1. The lowest BCUT2D eigenvalue weighted by molar-refractivity contribution is -0.133. The third kappa shape index (κ3) is 4.09. The predicted octanol–water partition coefficient (Wildman–Crippen LogP) is 5.71. The quantitative estimate of drug-likeness (QED) is 0.486. The predicted molar refractivity (Wildman–Crippen MR) is 101 cm³/mol. The second-order valence-corrected chi connectivity index (χ2v) is 7.61. The van der Waals surface area contributed by atoms with E-state index in [4.69, 9.17) is 9.52 Å². The maximum atomic E-state index is 10.8. The Balaban J connectivity index is 2.05. The third-order valence-electron chi connectivity index (χ3n) is 3.15. The minimum Gasteiger partial charge on any atom is -0.481 e. The largest absolute Gasteiger partial charge is 0.481 e. The van der Waals surface area contributed by atoms with E-state index in [2.05, 4.69) is 36.8 Å². The van der Waals surface area contributed by atoms with Crippen molar-refractivity contribution in [3.05, 3.63) is 57.5 Å². The molecule has 0 amide bonds. The lowest BCUT2D eigenvalue weighted by Gasteiger charge is -2.02. The highest BCUT2D eigenvalue weighted by atomic mass is 79.9. The number of aliphatic carboxylic acids is 1. The molecule has 0 radical (unpaired) electrons. The van der Waals surface area contributed by atoms with Crippen LogP contribution in [0.1, 0.15) is 0 Å². The minimum absolute atomic E-state index is 0.0972. The van der Waals surface area contributed by atoms with Gasteiger partial charge in [0, 0.05) is 20.1 Å². The van der Waals surface area contributed by atoms with Gasteiger partial charge in [0.15, 0.2) is 5.76 Å². The standard InChI is InChI=1S/C17H11Br2NO3S/c18-12-5-1-10(2-6-12)15-16(11-3-7-13(19)8-4-11)23-17(20-15)24-9-14(21)22/h1-8H,9H2,(H,21,22). The number of hydrogen-bond acceptors (Lipinski definition) is 4. The van der Waals surface area contributed by atoms with Crippen molar-refractivity contribution >= 4 is 49.6 Å². The molecule has 0 unspecified atom stereocenters. The Kier molecular flexibility index (Phi) is 5.43. The van der Waals surface area contributed by atoms with Gasteiger partial charge in [-0.2, -0.15) is 0 Å². The Bertz CT molecular complexity index is 798. The minimum atomic E-state index is -0.909. The number of hydrogen-bond donors (Lipinski definition) is 1. The molecule has 4 nitrogen and oxygen atoms in total. The Morgan fingerprint density at radius 3 is 2.08 bits per heavy atom. The van der Waals surface area contributed by atoms with Gasteiger partial charge in [0.1, 0.15) is 11.4 Å². The van der Waals surface area contributed by atoms with Crippen LogP contribution in [0.15, 0.2) is 67.1 Å². The molecule has 0 fully saturated rings. The summed E-state index contributed by atoms with van der Waals surface area (Å²) in [4.78, 5) is 15.3. The number of nitrogens with zero attached hydrogens (tertiary/aromatic N) is 1. The molecule has 122 valence electrons. The van der Waals surface area contributed by atoms with Crippen LogP contribution in [0.5, 0.6) is 0 Å². The van der Waals surface area contributed by atoms with E-state index in [0.29, 0.717) is 16.7 Å². The van der Waals surface area contributed by atoms with Gasteiger partial charge in [-0.25, -0.2) is 4.98 Å². The van der Waals surface area contributed by atoms with Gasteiger partial charge in [-0.3, -0.25) is 4.79 Å². The maximum Gasteiger partial charge on any atom is 0.314 e. The van der Waals surface area contributed by atoms with Gasteiger partial charge < -0.3 is 9.52 Å². The van der Waals surface area contributed by atoms with E-state index in [1.807, 2.05) is 48.5 Å². The fourth-order valence-electron chi connectivity index (χ4n) is 2.09. The van der Waals surface area contributed by atoms with E-state index in [1.54, 1.807) is 0 Å². The summed E-state index contributed by atoms with van der Waals surface area (Å²) in [6.07, 6.45) is 0. The summed E-state index contributed by atoms with van der Waals surface area (Å²) < 4.78 is 7.78. The highest BCUT2D eigenvalue weighted by molar-refractivity contribution is 9.10. The third-order valence-corrected chi connectivity index (χ3v) is 5.02. The molecule has 0 atom stereocenters. The molecule has 0 saturated carbocycles. The normalized spacial score (nSPS) is 10.8. The number of aromatic nitrogens is 1. The molecule has 0 saturated heterocycles. The zero-order valence-electron chi connectivity index (χ0n) is 12.2. The lowest BCUT2D eigenvalue weighted by Crippen LogP contribution is -1.97. The maximum absolute atomic E-state index is 10.8. The van der Waals surface area contributed by atoms with Crippen LogP contribution in [0.4, 0.5) is 0 Å². The van der Waals surface area contributed by atoms with Gasteiger partial charge >= 0.3 is 5.97 Å². The fraction of sp³-hybridized carbons (Fsp3) is 0.0588. The number of halogens is 2. The summed E-state index contributed by atoms with van der Waals surface area (Å²) in [5.74, 6) is -0.383. The molecule has 1 heterocycles. The summed E-state index contributed by atoms with van der Waals surface area (Å²) in [6.45, 7) is 0. The Hall–Kier alpha value is -1.57. The van der Waals surface area contributed by atoms with Crippen molar-refractivity contribution < 1.29 is 14.3 Å².